The molecule has 33 heavy (non-hydrogen) atoms. The number of rotatable bonds is 1. The third-order valence-corrected chi connectivity index (χ3v) is 9.51. The van der Waals surface area contributed by atoms with Gasteiger partial charge in [-0.15, -0.1) is 6.58 Å². The number of hydrogen-bond acceptors (Lipinski definition) is 4. The predicted octanol–water partition coefficient (Wildman–Crippen LogP) is 4.06. The summed E-state index contributed by atoms with van der Waals surface area (Å²) in [6.45, 7) is 6.39. The molecule has 2 saturated heterocycles. The molecule has 2 N–H and O–H groups in total. The summed E-state index contributed by atoms with van der Waals surface area (Å²) in [4.78, 5) is 27.1. The van der Waals surface area contributed by atoms with Gasteiger partial charge in [-0.25, -0.2) is 0 Å². The van der Waals surface area contributed by atoms with Crippen molar-refractivity contribution in [2.75, 3.05) is 0 Å². The minimum absolute atomic E-state index is 0.0147. The Morgan fingerprint density at radius 2 is 2.03 bits per heavy atom. The van der Waals surface area contributed by atoms with Crippen molar-refractivity contribution in [3.8, 4) is 0 Å². The highest BCUT2D eigenvalue weighted by atomic mass is 16.5. The van der Waals surface area contributed by atoms with Crippen molar-refractivity contribution in [1.29, 1.82) is 0 Å². The molecule has 1 amide bonds. The van der Waals surface area contributed by atoms with Gasteiger partial charge in [0.25, 0.3) is 0 Å². The summed E-state index contributed by atoms with van der Waals surface area (Å²) in [6, 6.07) is 0. The standard InChI is InChI=1S/C28H35NO4/c1-3-17-7-11-19-21-12-15(2)4-10-20(21)26-24(19)23(17)25(30)22-14-28(32,29-27(22)31)13-16-5-8-18(33-26)9-6-16/h3,5,7-8,11,15,17,19-24,26,32H,1,4,6,9-10,12-14H2,2H3,(H,29,31)/t15-,17+,19+,20-,21+,22?,23+,24+,26+,28-/m1/s1. The molecule has 7 aliphatic rings. The summed E-state index contributed by atoms with van der Waals surface area (Å²) in [5.74, 6) is 1.33. The van der Waals surface area contributed by atoms with Gasteiger partial charge in [0.15, 0.2) is 0 Å². The van der Waals surface area contributed by atoms with E-state index in [0.717, 1.165) is 30.6 Å². The Morgan fingerprint density at radius 1 is 1.18 bits per heavy atom. The van der Waals surface area contributed by atoms with Crippen LogP contribution in [-0.2, 0) is 14.3 Å². The molecule has 5 nitrogen and oxygen atoms in total. The Balaban J connectivity index is 1.48. The SMILES string of the molecule is C=C[C@H]1C=C[C@H]2[C@@H]3C[C@H](C)CC[C@H]3[C@@H]3OC4=CC=C(CC4)C[C@@]4(O)CC(C(=O)N4)C(=O)[C@@H]1[C@H]23. The zero-order valence-electron chi connectivity index (χ0n) is 19.4. The molecule has 4 bridgehead atoms. The topological polar surface area (TPSA) is 75.6 Å². The van der Waals surface area contributed by atoms with Crippen LogP contribution in [0, 0.1) is 47.3 Å². The van der Waals surface area contributed by atoms with E-state index in [2.05, 4.69) is 37.0 Å². The first-order chi connectivity index (χ1) is 15.9. The van der Waals surface area contributed by atoms with Gasteiger partial charge >= 0.3 is 0 Å². The highest BCUT2D eigenvalue weighted by molar-refractivity contribution is 6.04. The van der Waals surface area contributed by atoms with Gasteiger partial charge in [-0.05, 0) is 49.0 Å². The number of ether oxygens (including phenoxy) is 1. The van der Waals surface area contributed by atoms with Gasteiger partial charge in [-0.1, -0.05) is 43.2 Å². The summed E-state index contributed by atoms with van der Waals surface area (Å²) in [6.07, 6.45) is 16.1. The van der Waals surface area contributed by atoms with Crippen molar-refractivity contribution < 1.29 is 19.4 Å². The molecule has 0 aromatic rings. The number of Topliss-reactive ketones (excluding diaryl/α,β-unsaturated/α-hetero) is 1. The van der Waals surface area contributed by atoms with Gasteiger partial charge in [-0.2, -0.15) is 0 Å². The number of hydrogen-bond donors (Lipinski definition) is 2. The fraction of sp³-hybridized carbons (Fsp3) is 0.643. The number of fused-ring (bicyclic) bond motifs is 4. The molecule has 3 heterocycles. The third kappa shape index (κ3) is 3.38. The third-order valence-electron chi connectivity index (χ3n) is 9.51. The number of allylic oxidation sites excluding steroid dienone is 6. The second kappa shape index (κ2) is 7.69. The quantitative estimate of drug-likeness (QED) is 0.468. The van der Waals surface area contributed by atoms with Crippen LogP contribution in [0.15, 0.2) is 48.3 Å². The van der Waals surface area contributed by atoms with Gasteiger partial charge in [0.1, 0.15) is 23.5 Å². The van der Waals surface area contributed by atoms with Gasteiger partial charge in [0.05, 0.1) is 5.76 Å². The molecule has 4 fully saturated rings. The number of nitrogens with one attached hydrogen (secondary N) is 1. The smallest absolute Gasteiger partial charge is 0.232 e. The van der Waals surface area contributed by atoms with Crippen molar-refractivity contribution >= 4 is 11.7 Å². The number of aliphatic hydroxyl groups is 1. The van der Waals surface area contributed by atoms with Crippen molar-refractivity contribution in [3.05, 3.63) is 48.3 Å². The largest absolute Gasteiger partial charge is 0.494 e. The zero-order valence-corrected chi connectivity index (χ0v) is 19.4. The van der Waals surface area contributed by atoms with E-state index in [1.54, 1.807) is 0 Å². The maximum Gasteiger partial charge on any atom is 0.232 e. The molecule has 5 heteroatoms. The molecule has 1 unspecified atom stereocenters. The fourth-order valence-electron chi connectivity index (χ4n) is 8.04. The van der Waals surface area contributed by atoms with E-state index in [4.69, 9.17) is 4.74 Å². The van der Waals surface area contributed by atoms with Crippen LogP contribution >= 0.6 is 0 Å². The minimum atomic E-state index is -1.35. The van der Waals surface area contributed by atoms with Crippen LogP contribution < -0.4 is 5.32 Å². The first-order valence-corrected chi connectivity index (χ1v) is 12.8. The number of carbonyl (C=O) groups is 2. The van der Waals surface area contributed by atoms with Gasteiger partial charge < -0.3 is 15.2 Å². The monoisotopic (exact) mass is 449 g/mol. The molecule has 0 radical (unpaired) electrons. The van der Waals surface area contributed by atoms with Crippen LogP contribution in [0.3, 0.4) is 0 Å². The van der Waals surface area contributed by atoms with Crippen LogP contribution in [0.4, 0.5) is 0 Å². The minimum Gasteiger partial charge on any atom is -0.494 e. The van der Waals surface area contributed by atoms with Gasteiger partial charge in [0, 0.05) is 37.0 Å². The maximum absolute atomic E-state index is 14.1. The van der Waals surface area contributed by atoms with Crippen LogP contribution in [0.2, 0.25) is 0 Å². The van der Waals surface area contributed by atoms with Crippen molar-refractivity contribution in [2.45, 2.75) is 63.7 Å². The second-order valence-electron chi connectivity index (χ2n) is 11.5. The number of amides is 1. The first kappa shape index (κ1) is 21.4. The number of carbonyl (C=O) groups excluding carboxylic acids is 2. The van der Waals surface area contributed by atoms with Crippen molar-refractivity contribution in [2.24, 2.45) is 47.3 Å². The fourth-order valence-corrected chi connectivity index (χ4v) is 8.04. The summed E-state index contributed by atoms with van der Waals surface area (Å²) < 4.78 is 6.82. The molecule has 2 saturated carbocycles. The van der Waals surface area contributed by atoms with E-state index in [9.17, 15) is 14.7 Å². The highest BCUT2D eigenvalue weighted by Gasteiger charge is 2.60. The van der Waals surface area contributed by atoms with Crippen LogP contribution in [-0.4, -0.2) is 28.6 Å². The average Bonchev–Trinajstić information content (AvgIpc) is 3.27. The molecule has 7 rings (SSSR count). The van der Waals surface area contributed by atoms with Crippen LogP contribution in [0.5, 0.6) is 0 Å². The Labute approximate surface area is 196 Å². The Bertz CT molecular complexity index is 978. The highest BCUT2D eigenvalue weighted by Crippen LogP contribution is 2.58. The maximum atomic E-state index is 14.1. The molecule has 3 aliphatic heterocycles. The zero-order chi connectivity index (χ0) is 22.9. The Kier molecular flexibility index (Phi) is 4.99. The lowest BCUT2D eigenvalue weighted by atomic mass is 9.65. The molecule has 0 spiro atoms. The van der Waals surface area contributed by atoms with Crippen molar-refractivity contribution in [3.63, 3.8) is 0 Å². The molecular weight excluding hydrogens is 414 g/mol. The first-order valence-electron chi connectivity index (χ1n) is 12.8. The normalized spacial score (nSPS) is 48.2. The van der Waals surface area contributed by atoms with Crippen LogP contribution in [0.1, 0.15) is 51.9 Å². The molecule has 0 aromatic heterocycles. The molecular formula is C28H35NO4. The second-order valence-corrected chi connectivity index (χ2v) is 11.5. The van der Waals surface area contributed by atoms with E-state index in [1.165, 1.54) is 12.8 Å². The van der Waals surface area contributed by atoms with E-state index < -0.39 is 11.6 Å². The Hall–Kier alpha value is -2.14. The summed E-state index contributed by atoms with van der Waals surface area (Å²) in [5, 5.41) is 14.0. The lowest BCUT2D eigenvalue weighted by Crippen LogP contribution is -2.44. The summed E-state index contributed by atoms with van der Waals surface area (Å²) in [7, 11) is 0. The van der Waals surface area contributed by atoms with E-state index in [0.29, 0.717) is 24.2 Å². The van der Waals surface area contributed by atoms with Gasteiger partial charge in [0.2, 0.25) is 5.91 Å². The molecule has 4 aliphatic carbocycles. The lowest BCUT2D eigenvalue weighted by Gasteiger charge is -2.39. The predicted molar refractivity (Wildman–Crippen MR) is 124 cm³/mol. The molecule has 176 valence electrons. The van der Waals surface area contributed by atoms with Crippen molar-refractivity contribution in [1.82, 2.24) is 5.32 Å². The Morgan fingerprint density at radius 3 is 2.79 bits per heavy atom. The number of ketones is 1. The van der Waals surface area contributed by atoms with Crippen LogP contribution in [0.25, 0.3) is 0 Å². The average molecular weight is 450 g/mol. The van der Waals surface area contributed by atoms with Gasteiger partial charge in [-0.3, -0.25) is 9.59 Å². The van der Waals surface area contributed by atoms with E-state index >= 15 is 0 Å². The lowest BCUT2D eigenvalue weighted by molar-refractivity contribution is -0.138. The molecule has 10 atom stereocenters. The summed E-state index contributed by atoms with van der Waals surface area (Å²) in [5.41, 5.74) is -0.260. The van der Waals surface area contributed by atoms with E-state index in [-0.39, 0.29) is 47.9 Å². The van der Waals surface area contributed by atoms with E-state index in [1.807, 2.05) is 12.2 Å². The molecule has 0 aromatic carbocycles. The summed E-state index contributed by atoms with van der Waals surface area (Å²) >= 11 is 0.